The lowest BCUT2D eigenvalue weighted by Gasteiger charge is -2.20. The van der Waals surface area contributed by atoms with Crippen molar-refractivity contribution in [3.05, 3.63) is 0 Å². The van der Waals surface area contributed by atoms with Crippen molar-refractivity contribution in [1.82, 2.24) is 0 Å². The Morgan fingerprint density at radius 1 is 1.00 bits per heavy atom. The zero-order chi connectivity index (χ0) is 9.40. The first-order valence-electron chi connectivity index (χ1n) is 5.44. The van der Waals surface area contributed by atoms with Crippen molar-refractivity contribution >= 4 is 0 Å². The van der Waals surface area contributed by atoms with Crippen LogP contribution in [0.3, 0.4) is 0 Å². The van der Waals surface area contributed by atoms with E-state index in [4.69, 9.17) is 0 Å². The monoisotopic (exact) mass is 172 g/mol. The largest absolute Gasteiger partial charge is 0.393 e. The summed E-state index contributed by atoms with van der Waals surface area (Å²) in [4.78, 5) is 0. The molecule has 0 aliphatic heterocycles. The van der Waals surface area contributed by atoms with Crippen LogP contribution < -0.4 is 0 Å². The van der Waals surface area contributed by atoms with Crippen molar-refractivity contribution in [2.24, 2.45) is 5.92 Å². The minimum Gasteiger partial charge on any atom is -0.393 e. The number of hydrogen-bond acceptors (Lipinski definition) is 1. The van der Waals surface area contributed by atoms with Crippen LogP contribution in [0, 0.1) is 5.92 Å². The molecular weight excluding hydrogens is 148 g/mol. The van der Waals surface area contributed by atoms with E-state index in [2.05, 4.69) is 20.8 Å². The Labute approximate surface area is 77.2 Å². The summed E-state index contributed by atoms with van der Waals surface area (Å²) >= 11 is 0. The third-order valence-electron chi connectivity index (χ3n) is 2.58. The molecule has 0 heterocycles. The summed E-state index contributed by atoms with van der Waals surface area (Å²) < 4.78 is 0. The van der Waals surface area contributed by atoms with Crippen molar-refractivity contribution < 1.29 is 5.11 Å². The SMILES string of the molecule is CCCCC(CC)C(O)CCC. The van der Waals surface area contributed by atoms with Crippen molar-refractivity contribution in [3.63, 3.8) is 0 Å². The van der Waals surface area contributed by atoms with Gasteiger partial charge in [-0.25, -0.2) is 0 Å². The molecule has 0 spiro atoms. The van der Waals surface area contributed by atoms with E-state index in [9.17, 15) is 5.11 Å². The van der Waals surface area contributed by atoms with E-state index in [0.717, 1.165) is 19.3 Å². The van der Waals surface area contributed by atoms with Gasteiger partial charge in [0.25, 0.3) is 0 Å². The zero-order valence-electron chi connectivity index (χ0n) is 8.84. The van der Waals surface area contributed by atoms with Crippen LogP contribution >= 0.6 is 0 Å². The Balaban J connectivity index is 3.62. The van der Waals surface area contributed by atoms with Gasteiger partial charge in [-0.1, -0.05) is 46.5 Å². The molecule has 1 N–H and O–H groups in total. The fraction of sp³-hybridized carbons (Fsp3) is 1.00. The van der Waals surface area contributed by atoms with Crippen molar-refractivity contribution in [3.8, 4) is 0 Å². The molecule has 0 rings (SSSR count). The molecule has 74 valence electrons. The van der Waals surface area contributed by atoms with E-state index < -0.39 is 0 Å². The first-order valence-corrected chi connectivity index (χ1v) is 5.44. The molecular formula is C11H24O. The average molecular weight is 172 g/mol. The summed E-state index contributed by atoms with van der Waals surface area (Å²) in [5.74, 6) is 0.546. The number of aliphatic hydroxyl groups excluding tert-OH is 1. The molecule has 2 atom stereocenters. The van der Waals surface area contributed by atoms with E-state index in [1.54, 1.807) is 0 Å². The fourth-order valence-electron chi connectivity index (χ4n) is 1.67. The molecule has 0 radical (unpaired) electrons. The summed E-state index contributed by atoms with van der Waals surface area (Å²) in [6, 6.07) is 0. The van der Waals surface area contributed by atoms with Gasteiger partial charge in [0, 0.05) is 0 Å². The second-order valence-corrected chi connectivity index (χ2v) is 3.67. The summed E-state index contributed by atoms with van der Waals surface area (Å²) in [6.07, 6.45) is 6.86. The van der Waals surface area contributed by atoms with Crippen molar-refractivity contribution in [1.29, 1.82) is 0 Å². The molecule has 0 aliphatic rings. The van der Waals surface area contributed by atoms with Gasteiger partial charge in [0.1, 0.15) is 0 Å². The highest BCUT2D eigenvalue weighted by molar-refractivity contribution is 4.66. The minimum atomic E-state index is -0.0495. The lowest BCUT2D eigenvalue weighted by molar-refractivity contribution is 0.0896. The summed E-state index contributed by atoms with van der Waals surface area (Å²) in [5.41, 5.74) is 0. The molecule has 1 heteroatoms. The van der Waals surface area contributed by atoms with Crippen molar-refractivity contribution in [2.75, 3.05) is 0 Å². The van der Waals surface area contributed by atoms with Gasteiger partial charge < -0.3 is 5.11 Å². The normalized spacial score (nSPS) is 16.0. The van der Waals surface area contributed by atoms with Crippen LogP contribution in [0.4, 0.5) is 0 Å². The Morgan fingerprint density at radius 2 is 1.67 bits per heavy atom. The zero-order valence-corrected chi connectivity index (χ0v) is 8.84. The highest BCUT2D eigenvalue weighted by atomic mass is 16.3. The van der Waals surface area contributed by atoms with Crippen LogP contribution in [0.15, 0.2) is 0 Å². The van der Waals surface area contributed by atoms with Crippen LogP contribution in [0.25, 0.3) is 0 Å². The molecule has 0 aromatic rings. The third kappa shape index (κ3) is 4.76. The van der Waals surface area contributed by atoms with Crippen LogP contribution in [-0.2, 0) is 0 Å². The maximum atomic E-state index is 9.74. The second-order valence-electron chi connectivity index (χ2n) is 3.67. The molecule has 0 fully saturated rings. The van der Waals surface area contributed by atoms with E-state index in [1.165, 1.54) is 19.3 Å². The van der Waals surface area contributed by atoms with Gasteiger partial charge in [0.05, 0.1) is 6.10 Å². The molecule has 0 aliphatic carbocycles. The molecule has 0 saturated heterocycles. The average Bonchev–Trinajstić information content (AvgIpc) is 2.06. The summed E-state index contributed by atoms with van der Waals surface area (Å²) in [5, 5.41) is 9.74. The first-order chi connectivity index (χ1) is 5.76. The molecule has 0 saturated carbocycles. The maximum Gasteiger partial charge on any atom is 0.0568 e. The lowest BCUT2D eigenvalue weighted by atomic mass is 9.91. The number of aliphatic hydroxyl groups is 1. The molecule has 0 bridgehead atoms. The predicted octanol–water partition coefficient (Wildman–Crippen LogP) is 3.36. The first kappa shape index (κ1) is 12.0. The summed E-state index contributed by atoms with van der Waals surface area (Å²) in [7, 11) is 0. The Bertz CT molecular complexity index is 91.0. The molecule has 0 aromatic heterocycles. The van der Waals surface area contributed by atoms with Gasteiger partial charge in [-0.3, -0.25) is 0 Å². The standard InChI is InChI=1S/C11H24O/c1-4-7-9-10(6-3)11(12)8-5-2/h10-12H,4-9H2,1-3H3. The van der Waals surface area contributed by atoms with Crippen LogP contribution in [0.5, 0.6) is 0 Å². The smallest absolute Gasteiger partial charge is 0.0568 e. The van der Waals surface area contributed by atoms with Gasteiger partial charge >= 0.3 is 0 Å². The molecule has 0 aromatic carbocycles. The Morgan fingerprint density at radius 3 is 2.08 bits per heavy atom. The van der Waals surface area contributed by atoms with Crippen LogP contribution in [-0.4, -0.2) is 11.2 Å². The minimum absolute atomic E-state index is 0.0495. The van der Waals surface area contributed by atoms with Gasteiger partial charge in [-0.05, 0) is 18.8 Å². The van der Waals surface area contributed by atoms with Gasteiger partial charge in [-0.2, -0.15) is 0 Å². The Hall–Kier alpha value is -0.0400. The number of rotatable bonds is 7. The third-order valence-corrected chi connectivity index (χ3v) is 2.58. The molecule has 0 amide bonds. The van der Waals surface area contributed by atoms with Gasteiger partial charge in [0.15, 0.2) is 0 Å². The predicted molar refractivity (Wildman–Crippen MR) is 54.2 cm³/mol. The topological polar surface area (TPSA) is 20.2 Å². The van der Waals surface area contributed by atoms with E-state index in [0.29, 0.717) is 5.92 Å². The Kier molecular flexibility index (Phi) is 7.58. The van der Waals surface area contributed by atoms with E-state index in [-0.39, 0.29) is 6.10 Å². The molecule has 12 heavy (non-hydrogen) atoms. The van der Waals surface area contributed by atoms with Crippen LogP contribution in [0.2, 0.25) is 0 Å². The highest BCUT2D eigenvalue weighted by Gasteiger charge is 2.15. The quantitative estimate of drug-likeness (QED) is 0.624. The highest BCUT2D eigenvalue weighted by Crippen LogP contribution is 2.19. The second kappa shape index (κ2) is 7.60. The number of unbranched alkanes of at least 4 members (excludes halogenated alkanes) is 1. The molecule has 1 nitrogen and oxygen atoms in total. The van der Waals surface area contributed by atoms with Gasteiger partial charge in [0.2, 0.25) is 0 Å². The van der Waals surface area contributed by atoms with Gasteiger partial charge in [-0.15, -0.1) is 0 Å². The number of hydrogen-bond donors (Lipinski definition) is 1. The molecule has 2 unspecified atom stereocenters. The maximum absolute atomic E-state index is 9.74. The lowest BCUT2D eigenvalue weighted by Crippen LogP contribution is -2.19. The van der Waals surface area contributed by atoms with E-state index >= 15 is 0 Å². The fourth-order valence-corrected chi connectivity index (χ4v) is 1.67. The summed E-state index contributed by atoms with van der Waals surface area (Å²) in [6.45, 7) is 6.52. The van der Waals surface area contributed by atoms with E-state index in [1.807, 2.05) is 0 Å². The van der Waals surface area contributed by atoms with Crippen LogP contribution in [0.1, 0.15) is 59.3 Å². The van der Waals surface area contributed by atoms with Crippen molar-refractivity contribution in [2.45, 2.75) is 65.4 Å².